The van der Waals surface area contributed by atoms with E-state index in [0.717, 1.165) is 0 Å². The molecule has 10 nitrogen and oxygen atoms in total. The van der Waals surface area contributed by atoms with E-state index >= 15 is 0 Å². The largest absolute Gasteiger partial charge is 0.507 e. The summed E-state index contributed by atoms with van der Waals surface area (Å²) in [5.74, 6) is -1.48. The average molecular weight is 390 g/mol. The van der Waals surface area contributed by atoms with Gasteiger partial charge in [0.2, 0.25) is 0 Å². The second-order valence-corrected chi connectivity index (χ2v) is 5.38. The zero-order valence-electron chi connectivity index (χ0n) is 15.1. The average Bonchev–Trinajstić information content (AvgIpc) is 2.67. The minimum atomic E-state index is -0.951. The van der Waals surface area contributed by atoms with Gasteiger partial charge in [-0.1, -0.05) is 0 Å². The van der Waals surface area contributed by atoms with Crippen LogP contribution in [0.25, 0.3) is 0 Å². The van der Waals surface area contributed by atoms with E-state index in [1.165, 1.54) is 43.5 Å². The van der Waals surface area contributed by atoms with E-state index in [2.05, 4.69) is 5.32 Å². The number of phenolic OH excluding ortho intramolecular Hbond substituents is 1. The fourth-order valence-electron chi connectivity index (χ4n) is 2.23. The summed E-state index contributed by atoms with van der Waals surface area (Å²) in [6.07, 6.45) is 0. The fraction of sp³-hybridized carbons (Fsp3) is 0.222. The topological polar surface area (TPSA) is 137 Å². The van der Waals surface area contributed by atoms with Crippen LogP contribution in [0.15, 0.2) is 36.4 Å². The van der Waals surface area contributed by atoms with E-state index in [1.54, 1.807) is 6.92 Å². The van der Waals surface area contributed by atoms with Gasteiger partial charge < -0.3 is 24.6 Å². The number of benzene rings is 2. The molecule has 0 fully saturated rings. The molecule has 2 rings (SSSR count). The molecule has 2 aromatic carbocycles. The van der Waals surface area contributed by atoms with Crippen LogP contribution in [-0.4, -0.2) is 42.2 Å². The molecule has 0 bridgehead atoms. The van der Waals surface area contributed by atoms with Crippen LogP contribution in [0.3, 0.4) is 0 Å². The summed E-state index contributed by atoms with van der Waals surface area (Å²) >= 11 is 0. The van der Waals surface area contributed by atoms with Gasteiger partial charge in [0, 0.05) is 0 Å². The third-order valence-corrected chi connectivity index (χ3v) is 3.51. The second kappa shape index (κ2) is 9.21. The molecule has 0 radical (unpaired) electrons. The first-order valence-electron chi connectivity index (χ1n) is 8.11. The van der Waals surface area contributed by atoms with Gasteiger partial charge in [-0.2, -0.15) is 0 Å². The molecule has 148 valence electrons. The van der Waals surface area contributed by atoms with Crippen molar-refractivity contribution in [2.75, 3.05) is 25.6 Å². The SMILES string of the molecule is CCOc1ccc(NC(=O)COC(=O)c2cc(OC)ccc2O)c([N+](=O)[O-])c1. The molecule has 0 saturated heterocycles. The smallest absolute Gasteiger partial charge is 0.342 e. The molecule has 0 aromatic heterocycles. The van der Waals surface area contributed by atoms with Crippen LogP contribution in [0, 0.1) is 10.1 Å². The van der Waals surface area contributed by atoms with Gasteiger partial charge in [-0.05, 0) is 37.3 Å². The van der Waals surface area contributed by atoms with Crippen LogP contribution in [-0.2, 0) is 9.53 Å². The Morgan fingerprint density at radius 3 is 2.54 bits per heavy atom. The van der Waals surface area contributed by atoms with Crippen molar-refractivity contribution in [2.45, 2.75) is 6.92 Å². The number of hydrogen-bond acceptors (Lipinski definition) is 8. The quantitative estimate of drug-likeness (QED) is 0.398. The molecule has 0 atom stereocenters. The maximum Gasteiger partial charge on any atom is 0.342 e. The summed E-state index contributed by atoms with van der Waals surface area (Å²) in [7, 11) is 1.39. The normalized spacial score (nSPS) is 10.1. The van der Waals surface area contributed by atoms with Gasteiger partial charge in [0.05, 0.1) is 24.7 Å². The van der Waals surface area contributed by atoms with E-state index in [9.17, 15) is 24.8 Å². The van der Waals surface area contributed by atoms with Crippen LogP contribution in [0.2, 0.25) is 0 Å². The lowest BCUT2D eigenvalue weighted by atomic mass is 10.2. The molecule has 10 heteroatoms. The number of phenols is 1. The van der Waals surface area contributed by atoms with Crippen molar-refractivity contribution in [3.05, 3.63) is 52.1 Å². The molecule has 0 saturated carbocycles. The maximum atomic E-state index is 12.0. The fourth-order valence-corrected chi connectivity index (χ4v) is 2.23. The zero-order valence-corrected chi connectivity index (χ0v) is 15.1. The van der Waals surface area contributed by atoms with E-state index in [-0.39, 0.29) is 28.4 Å². The number of esters is 1. The molecule has 0 aliphatic carbocycles. The lowest BCUT2D eigenvalue weighted by molar-refractivity contribution is -0.384. The highest BCUT2D eigenvalue weighted by Crippen LogP contribution is 2.29. The Balaban J connectivity index is 2.04. The van der Waals surface area contributed by atoms with Crippen molar-refractivity contribution in [3.63, 3.8) is 0 Å². The van der Waals surface area contributed by atoms with Crippen molar-refractivity contribution < 1.29 is 33.8 Å². The Labute approximate surface area is 159 Å². The molecule has 1 amide bonds. The number of aromatic hydroxyl groups is 1. The number of carbonyl (C=O) groups excluding carboxylic acids is 2. The van der Waals surface area contributed by atoms with Gasteiger partial charge in [0.25, 0.3) is 11.6 Å². The highest BCUT2D eigenvalue weighted by Gasteiger charge is 2.19. The molecule has 0 aliphatic rings. The Morgan fingerprint density at radius 1 is 1.18 bits per heavy atom. The summed E-state index contributed by atoms with van der Waals surface area (Å²) in [4.78, 5) is 34.6. The number of nitro groups is 1. The number of hydrogen-bond donors (Lipinski definition) is 2. The number of amides is 1. The number of carbonyl (C=O) groups is 2. The van der Waals surface area contributed by atoms with Crippen LogP contribution in [0.1, 0.15) is 17.3 Å². The minimum Gasteiger partial charge on any atom is -0.507 e. The third-order valence-electron chi connectivity index (χ3n) is 3.51. The lowest BCUT2D eigenvalue weighted by Crippen LogP contribution is -2.21. The first kappa shape index (κ1) is 20.5. The Bertz CT molecular complexity index is 897. The summed E-state index contributed by atoms with van der Waals surface area (Å²) in [5, 5.41) is 23.2. The van der Waals surface area contributed by atoms with Crippen molar-refractivity contribution in [2.24, 2.45) is 0 Å². The highest BCUT2D eigenvalue weighted by molar-refractivity contribution is 5.98. The van der Waals surface area contributed by atoms with Gasteiger partial charge >= 0.3 is 5.97 Å². The van der Waals surface area contributed by atoms with Gasteiger partial charge in [-0.15, -0.1) is 0 Å². The predicted molar refractivity (Wildman–Crippen MR) is 97.8 cm³/mol. The number of nitrogens with zero attached hydrogens (tertiary/aromatic N) is 1. The zero-order chi connectivity index (χ0) is 20.7. The number of rotatable bonds is 8. The molecule has 0 unspecified atom stereocenters. The maximum absolute atomic E-state index is 12.0. The summed E-state index contributed by atoms with van der Waals surface area (Å²) < 4.78 is 15.0. The van der Waals surface area contributed by atoms with E-state index in [1.807, 2.05) is 0 Å². The molecular weight excluding hydrogens is 372 g/mol. The Morgan fingerprint density at radius 2 is 1.89 bits per heavy atom. The van der Waals surface area contributed by atoms with Crippen molar-refractivity contribution >= 4 is 23.3 Å². The number of nitrogens with one attached hydrogen (secondary N) is 1. The summed E-state index contributed by atoms with van der Waals surface area (Å²) in [5.41, 5.74) is -0.617. The number of ether oxygens (including phenoxy) is 3. The first-order valence-corrected chi connectivity index (χ1v) is 8.11. The second-order valence-electron chi connectivity index (χ2n) is 5.38. The highest BCUT2D eigenvalue weighted by atomic mass is 16.6. The number of methoxy groups -OCH3 is 1. The van der Waals surface area contributed by atoms with Gasteiger partial charge in [-0.25, -0.2) is 4.79 Å². The lowest BCUT2D eigenvalue weighted by Gasteiger charge is -2.10. The molecule has 0 heterocycles. The molecular formula is C18H18N2O8. The Hall–Kier alpha value is -3.82. The van der Waals surface area contributed by atoms with Crippen molar-refractivity contribution in [1.82, 2.24) is 0 Å². The number of anilines is 1. The Kier molecular flexibility index (Phi) is 6.74. The standard InChI is InChI=1S/C18H18N2O8/c1-3-27-12-4-6-14(15(9-12)20(24)25)19-17(22)10-28-18(23)13-8-11(26-2)5-7-16(13)21/h4-9,21H,3,10H2,1-2H3,(H,19,22). The van der Waals surface area contributed by atoms with Gasteiger partial charge in [0.15, 0.2) is 6.61 Å². The van der Waals surface area contributed by atoms with Crippen LogP contribution in [0.4, 0.5) is 11.4 Å². The van der Waals surface area contributed by atoms with Crippen LogP contribution < -0.4 is 14.8 Å². The third kappa shape index (κ3) is 5.10. The minimum absolute atomic E-state index is 0.0706. The molecule has 2 N–H and O–H groups in total. The van der Waals surface area contributed by atoms with Crippen molar-refractivity contribution in [3.8, 4) is 17.2 Å². The van der Waals surface area contributed by atoms with Crippen LogP contribution in [0.5, 0.6) is 17.2 Å². The van der Waals surface area contributed by atoms with E-state index in [4.69, 9.17) is 14.2 Å². The predicted octanol–water partition coefficient (Wildman–Crippen LogP) is 2.50. The summed E-state index contributed by atoms with van der Waals surface area (Å²) in [6.45, 7) is 1.35. The van der Waals surface area contributed by atoms with Gasteiger partial charge in [0.1, 0.15) is 28.5 Å². The molecule has 28 heavy (non-hydrogen) atoms. The van der Waals surface area contributed by atoms with E-state index < -0.39 is 23.4 Å². The van der Waals surface area contributed by atoms with E-state index in [0.29, 0.717) is 12.4 Å². The van der Waals surface area contributed by atoms with Crippen molar-refractivity contribution in [1.29, 1.82) is 0 Å². The van der Waals surface area contributed by atoms with Crippen LogP contribution >= 0.6 is 0 Å². The summed E-state index contributed by atoms with van der Waals surface area (Å²) in [6, 6.07) is 7.91. The monoisotopic (exact) mass is 390 g/mol. The first-order chi connectivity index (χ1) is 13.3. The molecule has 2 aromatic rings. The molecule has 0 aliphatic heterocycles. The van der Waals surface area contributed by atoms with Gasteiger partial charge in [-0.3, -0.25) is 14.9 Å². The number of nitro benzene ring substituents is 1. The molecule has 0 spiro atoms.